The fourth-order valence-corrected chi connectivity index (χ4v) is 5.26. The monoisotopic (exact) mass is 542 g/mol. The molecule has 0 heterocycles. The Kier molecular flexibility index (Phi) is 11.2. The van der Waals surface area contributed by atoms with Gasteiger partial charge < -0.3 is 10.2 Å². The summed E-state index contributed by atoms with van der Waals surface area (Å²) in [5, 5.41) is 3.95. The Hall–Kier alpha value is -2.47. The smallest absolute Gasteiger partial charge is 0.243 e. The van der Waals surface area contributed by atoms with Crippen molar-refractivity contribution in [3.8, 4) is 0 Å². The van der Waals surface area contributed by atoms with E-state index in [1.807, 2.05) is 62.4 Å². The first-order chi connectivity index (χ1) is 17.3. The zero-order valence-electron chi connectivity index (χ0n) is 20.6. The molecule has 0 aromatic heterocycles. The van der Waals surface area contributed by atoms with Crippen LogP contribution in [0, 0.1) is 0 Å². The maximum atomic E-state index is 13.6. The highest BCUT2D eigenvalue weighted by Crippen LogP contribution is 2.28. The third-order valence-electron chi connectivity index (χ3n) is 5.66. The lowest BCUT2D eigenvalue weighted by molar-refractivity contribution is -0.141. The van der Waals surface area contributed by atoms with E-state index < -0.39 is 6.04 Å². The van der Waals surface area contributed by atoms with Crippen LogP contribution in [0.25, 0.3) is 0 Å². The summed E-state index contributed by atoms with van der Waals surface area (Å²) in [5.41, 5.74) is 2.83. The van der Waals surface area contributed by atoms with E-state index in [0.717, 1.165) is 11.3 Å². The van der Waals surface area contributed by atoms with E-state index in [1.54, 1.807) is 34.9 Å². The highest BCUT2D eigenvalue weighted by Gasteiger charge is 2.31. The van der Waals surface area contributed by atoms with Gasteiger partial charge in [0.15, 0.2) is 0 Å². The summed E-state index contributed by atoms with van der Waals surface area (Å²) in [6.45, 7) is 3.98. The summed E-state index contributed by atoms with van der Waals surface area (Å²) in [7, 11) is 0. The van der Waals surface area contributed by atoms with Crippen molar-refractivity contribution in [2.24, 2.45) is 0 Å². The van der Waals surface area contributed by atoms with E-state index in [9.17, 15) is 9.59 Å². The first-order valence-corrected chi connectivity index (χ1v) is 13.9. The van der Waals surface area contributed by atoms with Gasteiger partial charge in [-0.05, 0) is 37.1 Å². The largest absolute Gasteiger partial charge is 0.352 e. The molecule has 0 aliphatic heterocycles. The van der Waals surface area contributed by atoms with Gasteiger partial charge in [-0.25, -0.2) is 0 Å². The average molecular weight is 544 g/mol. The van der Waals surface area contributed by atoms with Crippen molar-refractivity contribution in [2.75, 3.05) is 5.75 Å². The number of rotatable bonds is 12. The van der Waals surface area contributed by atoms with Gasteiger partial charge in [-0.3, -0.25) is 9.59 Å². The normalized spacial score (nSPS) is 11.8. The molecule has 7 heteroatoms. The third kappa shape index (κ3) is 8.58. The number of nitrogens with zero attached hydrogens (tertiary/aromatic N) is 1. The summed E-state index contributed by atoms with van der Waals surface area (Å²) in [5.74, 6) is 1.17. The van der Waals surface area contributed by atoms with Crippen LogP contribution in [0.1, 0.15) is 37.0 Å². The summed E-state index contributed by atoms with van der Waals surface area (Å²) < 4.78 is 0. The molecule has 0 saturated heterocycles. The molecule has 2 amide bonds. The third-order valence-corrected chi connectivity index (χ3v) is 7.40. The number of amides is 2. The van der Waals surface area contributed by atoms with E-state index >= 15 is 0 Å². The van der Waals surface area contributed by atoms with Gasteiger partial charge in [0, 0.05) is 52.5 Å². The van der Waals surface area contributed by atoms with Crippen LogP contribution >= 0.6 is 35.0 Å². The maximum absolute atomic E-state index is 13.6. The molecule has 0 spiro atoms. The molecule has 3 aromatic rings. The van der Waals surface area contributed by atoms with Crippen molar-refractivity contribution in [3.63, 3.8) is 0 Å². The standard InChI is InChI=1S/C29H32Cl2N2O2S/c1-21(2)32-29(35)27(18-22-10-5-3-6-11-22)33(19-24-25(30)14-9-15-26(24)31)28(34)16-17-36-20-23-12-7-4-8-13-23/h3-15,21,27H,16-20H2,1-2H3,(H,32,35)/t27-/m0/s1. The minimum absolute atomic E-state index is 0.0574. The fraction of sp³-hybridized carbons (Fsp3) is 0.310. The topological polar surface area (TPSA) is 49.4 Å². The molecule has 0 aliphatic carbocycles. The van der Waals surface area contributed by atoms with Gasteiger partial charge in [-0.2, -0.15) is 11.8 Å². The Morgan fingerprint density at radius 3 is 2.03 bits per heavy atom. The average Bonchev–Trinajstić information content (AvgIpc) is 2.86. The van der Waals surface area contributed by atoms with Gasteiger partial charge in [0.05, 0.1) is 0 Å². The van der Waals surface area contributed by atoms with Gasteiger partial charge in [0.25, 0.3) is 0 Å². The van der Waals surface area contributed by atoms with Crippen LogP contribution in [0.5, 0.6) is 0 Å². The summed E-state index contributed by atoms with van der Waals surface area (Å²) >= 11 is 14.6. The number of thioether (sulfide) groups is 1. The molecular weight excluding hydrogens is 511 g/mol. The van der Waals surface area contributed by atoms with E-state index in [2.05, 4.69) is 17.4 Å². The number of halogens is 2. The van der Waals surface area contributed by atoms with Crippen molar-refractivity contribution in [3.05, 3.63) is 106 Å². The molecule has 1 N–H and O–H groups in total. The molecule has 36 heavy (non-hydrogen) atoms. The lowest BCUT2D eigenvalue weighted by Crippen LogP contribution is -2.52. The minimum atomic E-state index is -0.700. The minimum Gasteiger partial charge on any atom is -0.352 e. The van der Waals surface area contributed by atoms with Crippen molar-refractivity contribution in [1.29, 1.82) is 0 Å². The van der Waals surface area contributed by atoms with Crippen LogP contribution in [0.15, 0.2) is 78.9 Å². The molecule has 190 valence electrons. The van der Waals surface area contributed by atoms with E-state index in [0.29, 0.717) is 34.2 Å². The number of nitrogens with one attached hydrogen (secondary N) is 1. The molecule has 0 unspecified atom stereocenters. The lowest BCUT2D eigenvalue weighted by Gasteiger charge is -2.32. The Labute approximate surface area is 228 Å². The summed E-state index contributed by atoms with van der Waals surface area (Å²) in [4.78, 5) is 28.7. The van der Waals surface area contributed by atoms with Gasteiger partial charge >= 0.3 is 0 Å². The molecule has 4 nitrogen and oxygen atoms in total. The quantitative estimate of drug-likeness (QED) is 0.256. The molecule has 0 saturated carbocycles. The molecular formula is C29H32Cl2N2O2S. The second-order valence-corrected chi connectivity index (χ2v) is 10.8. The SMILES string of the molecule is CC(C)NC(=O)[C@H](Cc1ccccc1)N(Cc1c(Cl)cccc1Cl)C(=O)CCSCc1ccccc1. The van der Waals surface area contributed by atoms with E-state index in [-0.39, 0.29) is 24.4 Å². The maximum Gasteiger partial charge on any atom is 0.243 e. The van der Waals surface area contributed by atoms with E-state index in [1.165, 1.54) is 5.56 Å². The molecule has 3 rings (SSSR count). The van der Waals surface area contributed by atoms with Gasteiger partial charge in [-0.1, -0.05) is 89.9 Å². The lowest BCUT2D eigenvalue weighted by atomic mass is 10.0. The van der Waals surface area contributed by atoms with Crippen molar-refractivity contribution in [1.82, 2.24) is 10.2 Å². The predicted molar refractivity (Wildman–Crippen MR) is 151 cm³/mol. The number of hydrogen-bond donors (Lipinski definition) is 1. The highest BCUT2D eigenvalue weighted by molar-refractivity contribution is 7.98. The zero-order chi connectivity index (χ0) is 25.9. The van der Waals surface area contributed by atoms with Crippen LogP contribution in [-0.4, -0.2) is 34.6 Å². The Bertz CT molecular complexity index is 1110. The number of benzene rings is 3. The van der Waals surface area contributed by atoms with E-state index in [4.69, 9.17) is 23.2 Å². The van der Waals surface area contributed by atoms with Crippen LogP contribution in [0.2, 0.25) is 10.0 Å². The fourth-order valence-electron chi connectivity index (χ4n) is 3.86. The van der Waals surface area contributed by atoms with Crippen LogP contribution in [0.4, 0.5) is 0 Å². The highest BCUT2D eigenvalue weighted by atomic mass is 35.5. The first kappa shape index (κ1) is 28.1. The number of hydrogen-bond acceptors (Lipinski definition) is 3. The van der Waals surface area contributed by atoms with Gasteiger partial charge in [-0.15, -0.1) is 0 Å². The van der Waals surface area contributed by atoms with Crippen molar-refractivity contribution < 1.29 is 9.59 Å². The number of carbonyl (C=O) groups is 2. The second-order valence-electron chi connectivity index (χ2n) is 8.88. The van der Waals surface area contributed by atoms with Crippen LogP contribution in [-0.2, 0) is 28.3 Å². The Balaban J connectivity index is 1.84. The zero-order valence-corrected chi connectivity index (χ0v) is 23.0. The second kappa shape index (κ2) is 14.3. The van der Waals surface area contributed by atoms with Gasteiger partial charge in [0.2, 0.25) is 11.8 Å². The summed E-state index contributed by atoms with van der Waals surface area (Å²) in [6.07, 6.45) is 0.699. The Morgan fingerprint density at radius 1 is 0.861 bits per heavy atom. The van der Waals surface area contributed by atoms with Crippen molar-refractivity contribution >= 4 is 46.8 Å². The van der Waals surface area contributed by atoms with Crippen molar-refractivity contribution in [2.45, 2.75) is 51.1 Å². The molecule has 0 aliphatic rings. The molecule has 0 fully saturated rings. The molecule has 0 radical (unpaired) electrons. The number of carbonyl (C=O) groups excluding carboxylic acids is 2. The molecule has 1 atom stereocenters. The first-order valence-electron chi connectivity index (χ1n) is 12.0. The summed E-state index contributed by atoms with van der Waals surface area (Å²) in [6, 6.07) is 24.4. The van der Waals surface area contributed by atoms with Gasteiger partial charge in [0.1, 0.15) is 6.04 Å². The molecule has 3 aromatic carbocycles. The van der Waals surface area contributed by atoms with Crippen LogP contribution in [0.3, 0.4) is 0 Å². The Morgan fingerprint density at radius 2 is 1.44 bits per heavy atom. The van der Waals surface area contributed by atoms with Crippen LogP contribution < -0.4 is 5.32 Å². The predicted octanol–water partition coefficient (Wildman–Crippen LogP) is 6.78. The molecule has 0 bridgehead atoms.